The van der Waals surface area contributed by atoms with Gasteiger partial charge in [-0.05, 0) is 6.42 Å². The molecule has 146 valence electrons. The summed E-state index contributed by atoms with van der Waals surface area (Å²) < 4.78 is 21.8. The molecule has 2 aliphatic rings. The number of thioether (sulfide) groups is 1. The third kappa shape index (κ3) is 5.34. The summed E-state index contributed by atoms with van der Waals surface area (Å²) >= 11 is 1.37. The summed E-state index contributed by atoms with van der Waals surface area (Å²) in [5.74, 6) is -1.54. The van der Waals surface area contributed by atoms with Gasteiger partial charge in [-0.25, -0.2) is 0 Å². The van der Waals surface area contributed by atoms with Crippen LogP contribution in [0.5, 0.6) is 0 Å². The maximum Gasteiger partial charge on any atom is 0.303 e. The van der Waals surface area contributed by atoms with Crippen molar-refractivity contribution in [3.05, 3.63) is 0 Å². The van der Waals surface area contributed by atoms with E-state index >= 15 is 0 Å². The second kappa shape index (κ2) is 9.22. The fraction of sp³-hybridized carbons (Fsp3) is 0.750. The molecule has 2 rings (SSSR count). The van der Waals surface area contributed by atoms with Crippen molar-refractivity contribution in [3.8, 4) is 0 Å². The van der Waals surface area contributed by atoms with Crippen LogP contribution >= 0.6 is 11.8 Å². The summed E-state index contributed by atoms with van der Waals surface area (Å²) in [7, 11) is 0. The Morgan fingerprint density at radius 2 is 1.77 bits per heavy atom. The summed E-state index contributed by atoms with van der Waals surface area (Å²) in [6, 6.07) is -0.433. The van der Waals surface area contributed by atoms with Crippen LogP contribution in [0.25, 0.3) is 0 Å². The number of hydrogen-bond acceptors (Lipinski definition) is 9. The largest absolute Gasteiger partial charge is 0.463 e. The topological polar surface area (TPSA) is 113 Å². The normalized spacial score (nSPS) is 31.7. The van der Waals surface area contributed by atoms with Gasteiger partial charge >= 0.3 is 17.9 Å². The molecule has 0 aromatic rings. The zero-order chi connectivity index (χ0) is 19.3. The summed E-state index contributed by atoms with van der Waals surface area (Å²) in [5.41, 5.74) is -0.415. The molecule has 1 N–H and O–H groups in total. The highest BCUT2D eigenvalue weighted by molar-refractivity contribution is 8.14. The van der Waals surface area contributed by atoms with Gasteiger partial charge < -0.3 is 24.3 Å². The van der Waals surface area contributed by atoms with Crippen molar-refractivity contribution in [2.24, 2.45) is 4.99 Å². The first-order valence-electron chi connectivity index (χ1n) is 8.42. The van der Waals surface area contributed by atoms with Crippen LogP contribution < -0.4 is 5.32 Å². The number of nitrogens with one attached hydrogen (secondary N) is 1. The number of esters is 3. The highest BCUT2D eigenvalue weighted by Crippen LogP contribution is 2.36. The van der Waals surface area contributed by atoms with Gasteiger partial charge in [0.15, 0.2) is 17.4 Å². The monoisotopic (exact) mass is 388 g/mol. The average Bonchev–Trinajstić information content (AvgIpc) is 2.95. The molecule has 0 spiro atoms. The molecule has 2 saturated heterocycles. The summed E-state index contributed by atoms with van der Waals surface area (Å²) in [6.07, 6.45) is -1.57. The van der Waals surface area contributed by atoms with Crippen LogP contribution in [0.4, 0.5) is 0 Å². The lowest BCUT2D eigenvalue weighted by molar-refractivity contribution is -0.209. The second-order valence-electron chi connectivity index (χ2n) is 5.97. The van der Waals surface area contributed by atoms with Crippen molar-refractivity contribution in [1.82, 2.24) is 5.32 Å². The quantitative estimate of drug-likeness (QED) is 0.516. The predicted octanol–water partition coefficient (Wildman–Crippen LogP) is 0.609. The first-order valence-corrected chi connectivity index (χ1v) is 9.30. The Bertz CT molecular complexity index is 583. The smallest absolute Gasteiger partial charge is 0.303 e. The number of aliphatic imine (C=N–C) groups is 1. The predicted molar refractivity (Wildman–Crippen MR) is 93.5 cm³/mol. The number of carbonyl (C=O) groups excluding carboxylic acids is 3. The highest BCUT2D eigenvalue weighted by atomic mass is 32.2. The van der Waals surface area contributed by atoms with E-state index in [-0.39, 0.29) is 6.61 Å². The molecule has 5 atom stereocenters. The summed E-state index contributed by atoms with van der Waals surface area (Å²) in [6.45, 7) is 6.36. The van der Waals surface area contributed by atoms with E-state index in [1.54, 1.807) is 0 Å². The Kier molecular flexibility index (Phi) is 7.27. The van der Waals surface area contributed by atoms with Gasteiger partial charge in [-0.1, -0.05) is 18.7 Å². The van der Waals surface area contributed by atoms with Crippen molar-refractivity contribution in [2.45, 2.75) is 63.9 Å². The molecule has 2 heterocycles. The average molecular weight is 388 g/mol. The molecule has 0 aliphatic carbocycles. The van der Waals surface area contributed by atoms with E-state index in [2.05, 4.69) is 10.3 Å². The van der Waals surface area contributed by atoms with E-state index in [4.69, 9.17) is 18.9 Å². The van der Waals surface area contributed by atoms with Crippen molar-refractivity contribution in [1.29, 1.82) is 0 Å². The second-order valence-corrected chi connectivity index (χ2v) is 7.06. The van der Waals surface area contributed by atoms with Crippen LogP contribution in [0.3, 0.4) is 0 Å². The molecule has 10 heteroatoms. The van der Waals surface area contributed by atoms with Crippen LogP contribution in [0, 0.1) is 0 Å². The molecular formula is C16H24N2O7S. The van der Waals surface area contributed by atoms with Gasteiger partial charge in [-0.2, -0.15) is 0 Å². The lowest BCUT2D eigenvalue weighted by Crippen LogP contribution is -2.62. The zero-order valence-corrected chi connectivity index (χ0v) is 16.0. The van der Waals surface area contributed by atoms with Crippen LogP contribution in [0.2, 0.25) is 0 Å². The maximum atomic E-state index is 11.6. The van der Waals surface area contributed by atoms with Gasteiger partial charge in [-0.3, -0.25) is 19.4 Å². The Labute approximate surface area is 156 Å². The van der Waals surface area contributed by atoms with E-state index in [0.29, 0.717) is 11.7 Å². The van der Waals surface area contributed by atoms with Crippen molar-refractivity contribution in [2.75, 3.05) is 13.2 Å². The Morgan fingerprint density at radius 3 is 2.35 bits per heavy atom. The molecule has 9 nitrogen and oxygen atoms in total. The van der Waals surface area contributed by atoms with Gasteiger partial charge in [0.1, 0.15) is 24.2 Å². The van der Waals surface area contributed by atoms with E-state index in [1.807, 2.05) is 6.92 Å². The van der Waals surface area contributed by atoms with Gasteiger partial charge in [0, 0.05) is 27.3 Å². The number of carbonyl (C=O) groups is 3. The van der Waals surface area contributed by atoms with Gasteiger partial charge in [0.05, 0.1) is 0 Å². The third-order valence-electron chi connectivity index (χ3n) is 3.70. The van der Waals surface area contributed by atoms with Gasteiger partial charge in [0.2, 0.25) is 0 Å². The van der Waals surface area contributed by atoms with Crippen molar-refractivity contribution >= 4 is 34.8 Å². The molecule has 0 amide bonds. The van der Waals surface area contributed by atoms with Crippen LogP contribution in [0.1, 0.15) is 34.1 Å². The molecule has 5 unspecified atom stereocenters. The molecule has 2 fully saturated rings. The van der Waals surface area contributed by atoms with E-state index < -0.39 is 47.7 Å². The number of rotatable bonds is 6. The SMILES string of the molecule is CCCN=C1NC2C(OC(COC(C)=O)C(OC(C)=O)C2OC(C)=O)S1. The molecule has 0 saturated carbocycles. The fourth-order valence-electron chi connectivity index (χ4n) is 2.74. The minimum absolute atomic E-state index is 0.115. The Morgan fingerprint density at radius 1 is 1.12 bits per heavy atom. The number of hydrogen-bond donors (Lipinski definition) is 1. The standard InChI is InChI=1S/C16H24N2O7S/c1-5-6-17-16-18-12-14(24-10(4)21)13(23-9(3)20)11(7-22-8(2)19)25-15(12)26-16/h11-15H,5-7H2,1-4H3,(H,17,18). The fourth-order valence-corrected chi connectivity index (χ4v) is 3.90. The Balaban J connectivity index is 2.26. The van der Waals surface area contributed by atoms with Crippen molar-refractivity contribution in [3.63, 3.8) is 0 Å². The first kappa shape index (κ1) is 20.5. The lowest BCUT2D eigenvalue weighted by Gasteiger charge is -2.41. The lowest BCUT2D eigenvalue weighted by atomic mass is 9.97. The van der Waals surface area contributed by atoms with Crippen LogP contribution in [0.15, 0.2) is 4.99 Å². The van der Waals surface area contributed by atoms with Gasteiger partial charge in [0.25, 0.3) is 0 Å². The van der Waals surface area contributed by atoms with Crippen molar-refractivity contribution < 1.29 is 33.3 Å². The number of amidine groups is 1. The zero-order valence-electron chi connectivity index (χ0n) is 15.2. The van der Waals surface area contributed by atoms with E-state index in [0.717, 1.165) is 6.42 Å². The maximum absolute atomic E-state index is 11.6. The van der Waals surface area contributed by atoms with E-state index in [1.165, 1.54) is 32.5 Å². The van der Waals surface area contributed by atoms with Crippen LogP contribution in [-0.4, -0.2) is 66.0 Å². The first-order chi connectivity index (χ1) is 12.3. The molecule has 0 aromatic heterocycles. The Hall–Kier alpha value is -1.81. The molecular weight excluding hydrogens is 364 g/mol. The number of fused-ring (bicyclic) bond motifs is 1. The molecule has 26 heavy (non-hydrogen) atoms. The minimum Gasteiger partial charge on any atom is -0.463 e. The van der Waals surface area contributed by atoms with Crippen LogP contribution in [-0.2, 0) is 33.3 Å². The number of ether oxygens (including phenoxy) is 4. The molecule has 2 aliphatic heterocycles. The van der Waals surface area contributed by atoms with E-state index in [9.17, 15) is 14.4 Å². The molecule has 0 aromatic carbocycles. The molecule has 0 bridgehead atoms. The minimum atomic E-state index is -0.907. The number of nitrogens with zero attached hydrogens (tertiary/aromatic N) is 1. The summed E-state index contributed by atoms with van der Waals surface area (Å²) in [5, 5.41) is 3.86. The van der Waals surface area contributed by atoms with Gasteiger partial charge in [-0.15, -0.1) is 0 Å². The summed E-state index contributed by atoms with van der Waals surface area (Å²) in [4.78, 5) is 38.7. The highest BCUT2D eigenvalue weighted by Gasteiger charge is 2.53. The molecule has 0 radical (unpaired) electrons. The third-order valence-corrected chi connectivity index (χ3v) is 4.81.